The first-order valence-electron chi connectivity index (χ1n) is 9.61. The van der Waals surface area contributed by atoms with Gasteiger partial charge in [0, 0.05) is 38.6 Å². The fourth-order valence-corrected chi connectivity index (χ4v) is 3.39. The minimum atomic E-state index is -0.451. The summed E-state index contributed by atoms with van der Waals surface area (Å²) in [5.74, 6) is 0.525. The fraction of sp³-hybridized carbons (Fsp3) is 0.217. The molecule has 0 aliphatic rings. The zero-order valence-electron chi connectivity index (χ0n) is 17.5. The van der Waals surface area contributed by atoms with E-state index in [0.717, 1.165) is 5.56 Å². The molecule has 0 amide bonds. The molecule has 0 aliphatic heterocycles. The van der Waals surface area contributed by atoms with Gasteiger partial charge >= 0.3 is 0 Å². The molecule has 0 bridgehead atoms. The van der Waals surface area contributed by atoms with Crippen molar-refractivity contribution < 1.29 is 9.84 Å². The van der Waals surface area contributed by atoms with Gasteiger partial charge in [-0.2, -0.15) is 5.10 Å². The number of halogens is 2. The second kappa shape index (κ2) is 11.6. The molecule has 1 heterocycles. The van der Waals surface area contributed by atoms with Gasteiger partial charge in [0.05, 0.1) is 25.1 Å². The lowest BCUT2D eigenvalue weighted by molar-refractivity contribution is 0.260. The Balaban J connectivity index is 2.23. The van der Waals surface area contributed by atoms with E-state index in [4.69, 9.17) is 44.2 Å². The lowest BCUT2D eigenvalue weighted by Crippen LogP contribution is -2.17. The number of aliphatic hydroxyl groups is 1. The second-order valence-corrected chi connectivity index (χ2v) is 7.43. The monoisotopic (exact) mass is 460 g/mol. The summed E-state index contributed by atoms with van der Waals surface area (Å²) in [6.07, 6.45) is 9.64. The van der Waals surface area contributed by atoms with Crippen LogP contribution in [0.5, 0.6) is 5.75 Å². The van der Waals surface area contributed by atoms with Gasteiger partial charge in [-0.1, -0.05) is 41.9 Å². The molecule has 1 atom stereocenters. The fourth-order valence-electron chi connectivity index (χ4n) is 2.83. The molecule has 8 heteroatoms. The number of nitrogens with one attached hydrogen (secondary N) is 1. The average molecular weight is 461 g/mol. The van der Waals surface area contributed by atoms with Crippen molar-refractivity contribution in [1.29, 1.82) is 5.41 Å². The van der Waals surface area contributed by atoms with E-state index in [2.05, 4.69) is 11.7 Å². The minimum absolute atomic E-state index is 0.0105. The van der Waals surface area contributed by atoms with Gasteiger partial charge in [-0.05, 0) is 44.2 Å². The minimum Gasteiger partial charge on any atom is -0.486 e. The van der Waals surface area contributed by atoms with E-state index in [0.29, 0.717) is 39.2 Å². The number of nitrogens with two attached hydrogens (primary N) is 1. The number of aliphatic hydroxyl groups excluding tert-OH is 1. The Bertz CT molecular complexity index is 1040. The molecule has 0 fully saturated rings. The largest absolute Gasteiger partial charge is 0.486 e. The first-order valence-corrected chi connectivity index (χ1v) is 10.4. The Morgan fingerprint density at radius 3 is 2.81 bits per heavy atom. The smallest absolute Gasteiger partial charge is 0.124 e. The standard InChI is InChI=1S/C23H26Cl2N4O2/c1-4-19(24)23(20(25)5-2)15(3)31-17-7-9-22(27)18(12-17)21(26)8-6-16-13-28-29(14-16)10-11-30/h4-9,12-15,26,30H,1,10-11,27H2,2-3H3/b8-6+,20-5+,23-19+,26-21?/t15-/m1/s1. The Morgan fingerprint density at radius 1 is 1.42 bits per heavy atom. The number of hydrogen-bond acceptors (Lipinski definition) is 5. The number of aromatic nitrogens is 2. The van der Waals surface area contributed by atoms with E-state index in [9.17, 15) is 0 Å². The molecule has 0 radical (unpaired) electrons. The number of allylic oxidation sites excluding steroid dienone is 4. The van der Waals surface area contributed by atoms with Crippen LogP contribution in [0.15, 0.2) is 71.0 Å². The Hall–Kier alpha value is -2.80. The van der Waals surface area contributed by atoms with E-state index < -0.39 is 6.10 Å². The molecule has 2 aromatic rings. The van der Waals surface area contributed by atoms with Crippen LogP contribution in [0.1, 0.15) is 25.0 Å². The normalized spacial score (nSPS) is 13.8. The molecule has 1 aromatic carbocycles. The zero-order valence-corrected chi connectivity index (χ0v) is 19.0. The maximum atomic E-state index is 8.97. The second-order valence-electron chi connectivity index (χ2n) is 6.62. The highest BCUT2D eigenvalue weighted by Crippen LogP contribution is 2.29. The van der Waals surface area contributed by atoms with Crippen LogP contribution in [0.2, 0.25) is 0 Å². The number of ether oxygens (including phenoxy) is 1. The highest BCUT2D eigenvalue weighted by Gasteiger charge is 2.18. The highest BCUT2D eigenvalue weighted by atomic mass is 35.5. The molecule has 2 rings (SSSR count). The average Bonchev–Trinajstić information content (AvgIpc) is 3.20. The molecule has 6 nitrogen and oxygen atoms in total. The highest BCUT2D eigenvalue weighted by molar-refractivity contribution is 6.36. The summed E-state index contributed by atoms with van der Waals surface area (Å²) in [5, 5.41) is 22.4. The number of rotatable bonds is 10. The topological polar surface area (TPSA) is 97.2 Å². The zero-order chi connectivity index (χ0) is 23.0. The number of benzene rings is 1. The lowest BCUT2D eigenvalue weighted by atomic mass is 10.1. The number of nitrogen functional groups attached to an aromatic ring is 1. The molecule has 0 saturated heterocycles. The van der Waals surface area contributed by atoms with E-state index in [1.807, 2.05) is 13.8 Å². The summed E-state index contributed by atoms with van der Waals surface area (Å²) >= 11 is 12.6. The third-order valence-corrected chi connectivity index (χ3v) is 5.19. The molecular weight excluding hydrogens is 435 g/mol. The van der Waals surface area contributed by atoms with E-state index in [1.54, 1.807) is 53.5 Å². The third kappa shape index (κ3) is 6.59. The predicted molar refractivity (Wildman–Crippen MR) is 129 cm³/mol. The molecule has 1 aromatic heterocycles. The third-order valence-electron chi connectivity index (χ3n) is 4.41. The van der Waals surface area contributed by atoms with Crippen LogP contribution in [-0.2, 0) is 6.54 Å². The van der Waals surface area contributed by atoms with E-state index >= 15 is 0 Å². The number of anilines is 1. The molecule has 4 N–H and O–H groups in total. The SMILES string of the molecule is C=C/C(Cl)=C(\C(Cl)=C/C)[C@@H](C)Oc1ccc(N)c(C(=N)/C=C/c2cnn(CCO)c2)c1. The summed E-state index contributed by atoms with van der Waals surface area (Å²) in [7, 11) is 0. The van der Waals surface area contributed by atoms with Gasteiger partial charge in [0.15, 0.2) is 0 Å². The summed E-state index contributed by atoms with van der Waals surface area (Å²) in [4.78, 5) is 0. The van der Waals surface area contributed by atoms with Crippen molar-refractivity contribution in [2.45, 2.75) is 26.5 Å². The lowest BCUT2D eigenvalue weighted by Gasteiger charge is -2.20. The molecule has 164 valence electrons. The van der Waals surface area contributed by atoms with Crippen LogP contribution in [0.4, 0.5) is 5.69 Å². The molecule has 0 spiro atoms. The maximum Gasteiger partial charge on any atom is 0.124 e. The van der Waals surface area contributed by atoms with Crippen molar-refractivity contribution in [2.24, 2.45) is 0 Å². The first-order chi connectivity index (χ1) is 14.8. The van der Waals surface area contributed by atoms with Crippen molar-refractivity contribution in [3.63, 3.8) is 0 Å². The molecule has 31 heavy (non-hydrogen) atoms. The van der Waals surface area contributed by atoms with Crippen molar-refractivity contribution in [2.75, 3.05) is 12.3 Å². The van der Waals surface area contributed by atoms with Gasteiger partial charge in [-0.25, -0.2) is 0 Å². The number of hydrogen-bond donors (Lipinski definition) is 3. The molecular formula is C23H26Cl2N4O2. The van der Waals surface area contributed by atoms with E-state index in [-0.39, 0.29) is 12.3 Å². The summed E-state index contributed by atoms with van der Waals surface area (Å²) in [6, 6.07) is 5.12. The summed E-state index contributed by atoms with van der Waals surface area (Å²) in [6.45, 7) is 7.76. The van der Waals surface area contributed by atoms with Crippen LogP contribution >= 0.6 is 23.2 Å². The summed E-state index contributed by atoms with van der Waals surface area (Å²) < 4.78 is 7.66. The van der Waals surface area contributed by atoms with Gasteiger partial charge in [-0.3, -0.25) is 4.68 Å². The van der Waals surface area contributed by atoms with Gasteiger partial charge in [0.1, 0.15) is 11.9 Å². The van der Waals surface area contributed by atoms with Gasteiger partial charge < -0.3 is 21.0 Å². The van der Waals surface area contributed by atoms with Crippen molar-refractivity contribution in [3.05, 3.63) is 82.2 Å². The predicted octanol–water partition coefficient (Wildman–Crippen LogP) is 5.13. The molecule has 0 saturated carbocycles. The van der Waals surface area contributed by atoms with Crippen LogP contribution in [0.25, 0.3) is 6.08 Å². The Morgan fingerprint density at radius 2 is 2.16 bits per heavy atom. The Labute approximate surface area is 192 Å². The molecule has 0 aliphatic carbocycles. The van der Waals surface area contributed by atoms with Crippen LogP contribution in [0.3, 0.4) is 0 Å². The number of nitrogens with zero attached hydrogens (tertiary/aromatic N) is 2. The van der Waals surface area contributed by atoms with Gasteiger partial charge in [0.25, 0.3) is 0 Å². The van der Waals surface area contributed by atoms with Crippen molar-refractivity contribution in [1.82, 2.24) is 9.78 Å². The van der Waals surface area contributed by atoms with Crippen LogP contribution in [0, 0.1) is 5.41 Å². The summed E-state index contributed by atoms with van der Waals surface area (Å²) in [5.41, 5.74) is 8.72. The van der Waals surface area contributed by atoms with Crippen molar-refractivity contribution in [3.8, 4) is 5.75 Å². The van der Waals surface area contributed by atoms with E-state index in [1.165, 1.54) is 6.08 Å². The van der Waals surface area contributed by atoms with Crippen molar-refractivity contribution >= 4 is 40.7 Å². The van der Waals surface area contributed by atoms with Crippen LogP contribution in [-0.4, -0.2) is 33.3 Å². The van der Waals surface area contributed by atoms with Gasteiger partial charge in [-0.15, -0.1) is 0 Å². The van der Waals surface area contributed by atoms with Crippen LogP contribution < -0.4 is 10.5 Å². The Kier molecular flexibility index (Phi) is 9.12. The maximum absolute atomic E-state index is 8.97. The first kappa shape index (κ1) is 24.5. The van der Waals surface area contributed by atoms with Gasteiger partial charge in [0.2, 0.25) is 0 Å². The quantitative estimate of drug-likeness (QED) is 0.260. The molecule has 0 unspecified atom stereocenters.